The molecule has 0 saturated heterocycles. The van der Waals surface area contributed by atoms with Crippen molar-refractivity contribution in [2.24, 2.45) is 0 Å². The van der Waals surface area contributed by atoms with Crippen LogP contribution in [0.3, 0.4) is 0 Å². The molecule has 0 aromatic carbocycles. The number of carbonyl (C=O) groups is 1. The van der Waals surface area contributed by atoms with Gasteiger partial charge >= 0.3 is 0 Å². The van der Waals surface area contributed by atoms with Crippen molar-refractivity contribution in [2.75, 3.05) is 0 Å². The van der Waals surface area contributed by atoms with Gasteiger partial charge in [-0.3, -0.25) is 4.79 Å². The zero-order valence-electron chi connectivity index (χ0n) is 7.32. The van der Waals surface area contributed by atoms with E-state index in [2.05, 4.69) is 19.6 Å². The van der Waals surface area contributed by atoms with Crippen LogP contribution in [0.25, 0.3) is 0 Å². The molecule has 1 aliphatic rings. The van der Waals surface area contributed by atoms with Crippen molar-refractivity contribution in [1.82, 2.24) is 0 Å². The van der Waals surface area contributed by atoms with Gasteiger partial charge in [-0.25, -0.2) is 0 Å². The third-order valence-corrected chi connectivity index (χ3v) is 6.58. The minimum absolute atomic E-state index is 0.188. The second kappa shape index (κ2) is 1.94. The Bertz CT molecular complexity index is 163. The maximum absolute atomic E-state index is 11.2. The first-order valence-electron chi connectivity index (χ1n) is 3.91. The topological polar surface area (TPSA) is 17.1 Å². The Morgan fingerprint density at radius 1 is 1.30 bits per heavy atom. The molecule has 2 heteroatoms. The number of carbonyl (C=O) groups excluding carboxylic acids is 1. The van der Waals surface area contributed by atoms with Gasteiger partial charge < -0.3 is 0 Å². The lowest BCUT2D eigenvalue weighted by Crippen LogP contribution is -2.34. The average Bonchev–Trinajstić information content (AvgIpc) is 2.36. The van der Waals surface area contributed by atoms with Crippen LogP contribution in [-0.2, 0) is 4.79 Å². The second-order valence-corrected chi connectivity index (χ2v) is 9.85. The first-order valence-corrected chi connectivity index (χ1v) is 7.41. The fourth-order valence-electron chi connectivity index (χ4n) is 1.76. The molecule has 0 atom stereocenters. The van der Waals surface area contributed by atoms with Crippen molar-refractivity contribution in [2.45, 2.75) is 44.4 Å². The van der Waals surface area contributed by atoms with Gasteiger partial charge in [0.25, 0.3) is 0 Å². The van der Waals surface area contributed by atoms with E-state index < -0.39 is 8.07 Å². The summed E-state index contributed by atoms with van der Waals surface area (Å²) >= 11 is 0. The minimum atomic E-state index is -1.19. The molecular formula is C8H16OSi. The van der Waals surface area contributed by atoms with Crippen molar-refractivity contribution < 1.29 is 4.79 Å². The molecule has 0 bridgehead atoms. The lowest BCUT2D eigenvalue weighted by atomic mass is 10.3. The molecule has 0 amide bonds. The second-order valence-electron chi connectivity index (χ2n) is 4.39. The van der Waals surface area contributed by atoms with Crippen LogP contribution in [-0.4, -0.2) is 13.9 Å². The molecule has 0 unspecified atom stereocenters. The number of ketones is 1. The van der Waals surface area contributed by atoms with Crippen LogP contribution < -0.4 is 0 Å². The van der Waals surface area contributed by atoms with Crippen LogP contribution >= 0.6 is 0 Å². The summed E-state index contributed by atoms with van der Waals surface area (Å²) in [6, 6.07) is 0. The third kappa shape index (κ3) is 0.946. The van der Waals surface area contributed by atoms with Crippen molar-refractivity contribution in [3.05, 3.63) is 0 Å². The van der Waals surface area contributed by atoms with E-state index in [0.717, 1.165) is 12.8 Å². The molecule has 1 nitrogen and oxygen atoms in total. The Labute approximate surface area is 63.8 Å². The van der Waals surface area contributed by atoms with E-state index in [0.29, 0.717) is 5.78 Å². The summed E-state index contributed by atoms with van der Waals surface area (Å²) in [6.45, 7) is 8.63. The van der Waals surface area contributed by atoms with Gasteiger partial charge in [0.2, 0.25) is 0 Å². The van der Waals surface area contributed by atoms with Gasteiger partial charge in [0.05, 0.1) is 8.07 Å². The van der Waals surface area contributed by atoms with Gasteiger partial charge in [-0.1, -0.05) is 19.6 Å². The maximum Gasteiger partial charge on any atom is 0.133 e. The molecule has 0 radical (unpaired) electrons. The largest absolute Gasteiger partial charge is 0.300 e. The number of hydrogen-bond acceptors (Lipinski definition) is 1. The normalized spacial score (nSPS) is 22.4. The molecule has 1 saturated carbocycles. The van der Waals surface area contributed by atoms with E-state index in [1.807, 2.05) is 0 Å². The molecule has 0 aromatic rings. The van der Waals surface area contributed by atoms with Crippen LogP contribution in [0.1, 0.15) is 19.8 Å². The number of hydrogen-bond donors (Lipinski definition) is 0. The van der Waals surface area contributed by atoms with Gasteiger partial charge in [0.15, 0.2) is 0 Å². The summed E-state index contributed by atoms with van der Waals surface area (Å²) in [5.74, 6) is 0.437. The summed E-state index contributed by atoms with van der Waals surface area (Å²) in [7, 11) is -1.19. The first kappa shape index (κ1) is 7.99. The van der Waals surface area contributed by atoms with E-state index in [9.17, 15) is 4.79 Å². The standard InChI is InChI=1S/C8H16OSi/c1-7(9)8(5-6-8)10(2,3)4/h5-6H2,1-4H3. The fraction of sp³-hybridized carbons (Fsp3) is 0.875. The molecule has 1 rings (SSSR count). The lowest BCUT2D eigenvalue weighted by Gasteiger charge is -2.25. The third-order valence-electron chi connectivity index (χ3n) is 2.86. The summed E-state index contributed by atoms with van der Waals surface area (Å²) in [5.41, 5.74) is 0. The lowest BCUT2D eigenvalue weighted by molar-refractivity contribution is -0.117. The van der Waals surface area contributed by atoms with Gasteiger partial charge in [-0.05, 0) is 19.8 Å². The van der Waals surface area contributed by atoms with Crippen molar-refractivity contribution in [3.8, 4) is 0 Å². The van der Waals surface area contributed by atoms with E-state index in [4.69, 9.17) is 0 Å². The molecule has 0 spiro atoms. The molecule has 1 fully saturated rings. The van der Waals surface area contributed by atoms with E-state index >= 15 is 0 Å². The summed E-state index contributed by atoms with van der Waals surface area (Å²) in [6.07, 6.45) is 2.33. The highest BCUT2D eigenvalue weighted by atomic mass is 28.3. The Morgan fingerprint density at radius 2 is 1.70 bits per heavy atom. The zero-order chi connectivity index (χ0) is 7.99. The predicted octanol–water partition coefficient (Wildman–Crippen LogP) is 2.45. The minimum Gasteiger partial charge on any atom is -0.300 e. The van der Waals surface area contributed by atoms with Crippen molar-refractivity contribution in [3.63, 3.8) is 0 Å². The van der Waals surface area contributed by atoms with Crippen LogP contribution in [0.4, 0.5) is 0 Å². The molecule has 10 heavy (non-hydrogen) atoms. The van der Waals surface area contributed by atoms with Gasteiger partial charge in [-0.15, -0.1) is 0 Å². The van der Waals surface area contributed by atoms with E-state index in [1.54, 1.807) is 6.92 Å². The quantitative estimate of drug-likeness (QED) is 0.561. The summed E-state index contributed by atoms with van der Waals surface area (Å²) in [5, 5.41) is 0.188. The Kier molecular flexibility index (Phi) is 1.55. The van der Waals surface area contributed by atoms with Crippen LogP contribution in [0.2, 0.25) is 24.7 Å². The molecule has 58 valence electrons. The van der Waals surface area contributed by atoms with Crippen LogP contribution in [0.15, 0.2) is 0 Å². The molecule has 0 aliphatic heterocycles. The molecular weight excluding hydrogens is 140 g/mol. The first-order chi connectivity index (χ1) is 4.40. The van der Waals surface area contributed by atoms with Crippen molar-refractivity contribution >= 4 is 13.9 Å². The molecule has 0 heterocycles. The van der Waals surface area contributed by atoms with Crippen molar-refractivity contribution in [1.29, 1.82) is 0 Å². The van der Waals surface area contributed by atoms with E-state index in [1.165, 1.54) is 0 Å². The highest BCUT2D eigenvalue weighted by molar-refractivity contribution is 6.83. The van der Waals surface area contributed by atoms with Gasteiger partial charge in [0.1, 0.15) is 5.78 Å². The Morgan fingerprint density at radius 3 is 1.70 bits per heavy atom. The fourth-order valence-corrected chi connectivity index (χ4v) is 4.44. The van der Waals surface area contributed by atoms with Gasteiger partial charge in [0, 0.05) is 5.04 Å². The highest BCUT2D eigenvalue weighted by Crippen LogP contribution is 2.61. The Hall–Kier alpha value is -0.113. The van der Waals surface area contributed by atoms with Gasteiger partial charge in [-0.2, -0.15) is 0 Å². The van der Waals surface area contributed by atoms with E-state index in [-0.39, 0.29) is 5.04 Å². The highest BCUT2D eigenvalue weighted by Gasteiger charge is 2.56. The molecule has 1 aliphatic carbocycles. The van der Waals surface area contributed by atoms with Crippen LogP contribution in [0, 0.1) is 0 Å². The zero-order valence-corrected chi connectivity index (χ0v) is 8.32. The average molecular weight is 156 g/mol. The summed E-state index contributed by atoms with van der Waals surface area (Å²) < 4.78 is 0. The Balaban J connectivity index is 2.80. The number of rotatable bonds is 2. The molecule has 0 N–H and O–H groups in total. The summed E-state index contributed by atoms with van der Waals surface area (Å²) in [4.78, 5) is 11.2. The smallest absolute Gasteiger partial charge is 0.133 e. The SMILES string of the molecule is CC(=O)C1([Si](C)(C)C)CC1. The van der Waals surface area contributed by atoms with Crippen LogP contribution in [0.5, 0.6) is 0 Å². The monoisotopic (exact) mass is 156 g/mol. The number of Topliss-reactive ketones (excluding diaryl/α,β-unsaturated/α-hetero) is 1. The predicted molar refractivity (Wildman–Crippen MR) is 46.0 cm³/mol. The molecule has 0 aromatic heterocycles. The maximum atomic E-state index is 11.2.